The Morgan fingerprint density at radius 3 is 2.59 bits per heavy atom. The summed E-state index contributed by atoms with van der Waals surface area (Å²) >= 11 is 0. The first-order chi connectivity index (χ1) is 16.3. The number of hydrogen-bond acceptors (Lipinski definition) is 6. The summed E-state index contributed by atoms with van der Waals surface area (Å²) in [7, 11) is 1.58. The number of rotatable bonds is 12. The highest BCUT2D eigenvalue weighted by atomic mass is 16.5. The molecule has 1 aliphatic heterocycles. The van der Waals surface area contributed by atoms with E-state index >= 15 is 0 Å². The third-order valence-corrected chi connectivity index (χ3v) is 6.50. The number of hydrazone groups is 1. The summed E-state index contributed by atoms with van der Waals surface area (Å²) in [6.45, 7) is 8.92. The molecule has 3 unspecified atom stereocenters. The number of allylic oxidation sites excluding steroid dienone is 4. The minimum Gasteiger partial charge on any atom is -0.377 e. The molecule has 34 heavy (non-hydrogen) atoms. The van der Waals surface area contributed by atoms with Gasteiger partial charge < -0.3 is 14.0 Å². The zero-order valence-electron chi connectivity index (χ0n) is 20.8. The number of carbonyl (C=O) groups is 1. The first-order valence-electron chi connectivity index (χ1n) is 11.8. The van der Waals surface area contributed by atoms with Gasteiger partial charge in [-0.05, 0) is 36.8 Å². The Balaban J connectivity index is 1.66. The maximum absolute atomic E-state index is 12.7. The van der Waals surface area contributed by atoms with Crippen molar-refractivity contribution in [3.63, 3.8) is 0 Å². The van der Waals surface area contributed by atoms with E-state index in [-0.39, 0.29) is 18.4 Å². The third-order valence-electron chi connectivity index (χ3n) is 6.50. The first kappa shape index (κ1) is 25.6. The number of hydrogen-bond donors (Lipinski definition) is 1. The standard InChI is InChI=1S/C27H36N3O4/c1-6-21(7-2)10-8-9-19(3)23-13-11-22(12-14-23)16-33-27(18-30(28)26(27)31)20(4)25-15-24(17-32-5)34-29-25/h6,8-9,11-15,18-20H,7,10,16-17,28H2,1-5H3/q+1. The van der Waals surface area contributed by atoms with Crippen molar-refractivity contribution >= 4 is 12.1 Å². The minimum atomic E-state index is -1.19. The molecule has 1 aromatic carbocycles. The zero-order chi connectivity index (χ0) is 24.7. The number of methoxy groups -OCH3 is 1. The third kappa shape index (κ3) is 5.54. The van der Waals surface area contributed by atoms with Gasteiger partial charge in [-0.2, -0.15) is 0 Å². The Bertz CT molecular complexity index is 1070. The van der Waals surface area contributed by atoms with Crippen molar-refractivity contribution < 1.29 is 23.5 Å². The van der Waals surface area contributed by atoms with Crippen LogP contribution in [0, 0.1) is 0 Å². The van der Waals surface area contributed by atoms with E-state index in [0.29, 0.717) is 24.0 Å². The number of carbonyl (C=O) groups excluding carboxylic acids is 1. The molecule has 1 aliphatic rings. The van der Waals surface area contributed by atoms with Gasteiger partial charge in [0.1, 0.15) is 6.61 Å². The van der Waals surface area contributed by atoms with E-state index in [9.17, 15) is 4.79 Å². The van der Waals surface area contributed by atoms with Gasteiger partial charge in [0.25, 0.3) is 5.60 Å². The van der Waals surface area contributed by atoms with E-state index in [0.717, 1.165) is 23.1 Å². The molecule has 2 N–H and O–H groups in total. The Morgan fingerprint density at radius 1 is 1.26 bits per heavy atom. The zero-order valence-corrected chi connectivity index (χ0v) is 20.8. The van der Waals surface area contributed by atoms with Crippen molar-refractivity contribution in [1.29, 1.82) is 0 Å². The van der Waals surface area contributed by atoms with Crippen molar-refractivity contribution in [2.75, 3.05) is 7.11 Å². The van der Waals surface area contributed by atoms with E-state index in [1.54, 1.807) is 19.4 Å². The number of nitrogens with two attached hydrogens (primary N) is 1. The van der Waals surface area contributed by atoms with E-state index in [4.69, 9.17) is 19.8 Å². The second kappa shape index (κ2) is 11.4. The fraction of sp³-hybridized carbons (Fsp3) is 0.444. The highest BCUT2D eigenvalue weighted by molar-refractivity contribution is 6.05. The summed E-state index contributed by atoms with van der Waals surface area (Å²) in [6.07, 6.45) is 10.3. The predicted molar refractivity (Wildman–Crippen MR) is 131 cm³/mol. The summed E-state index contributed by atoms with van der Waals surface area (Å²) < 4.78 is 17.6. The fourth-order valence-electron chi connectivity index (χ4n) is 4.06. The van der Waals surface area contributed by atoms with E-state index in [2.05, 4.69) is 56.3 Å². The van der Waals surface area contributed by atoms with Gasteiger partial charge >= 0.3 is 5.91 Å². The van der Waals surface area contributed by atoms with Crippen LogP contribution in [0.2, 0.25) is 0 Å². The van der Waals surface area contributed by atoms with Crippen LogP contribution in [0.1, 0.15) is 75.0 Å². The van der Waals surface area contributed by atoms with E-state index < -0.39 is 5.60 Å². The molecule has 0 saturated heterocycles. The topological polar surface area (TPSA) is 90.6 Å². The Kier molecular flexibility index (Phi) is 8.58. The lowest BCUT2D eigenvalue weighted by Crippen LogP contribution is -2.64. The van der Waals surface area contributed by atoms with Gasteiger partial charge in [-0.3, -0.25) is 0 Å². The molecule has 0 spiro atoms. The molecule has 0 saturated carbocycles. The van der Waals surface area contributed by atoms with Gasteiger partial charge in [-0.25, -0.2) is 10.6 Å². The molecule has 0 fully saturated rings. The molecule has 0 aliphatic carbocycles. The monoisotopic (exact) mass is 466 g/mol. The Labute approximate surface area is 201 Å². The lowest BCUT2D eigenvalue weighted by Gasteiger charge is -2.32. The Morgan fingerprint density at radius 2 is 2.00 bits per heavy atom. The number of ether oxygens (including phenoxy) is 2. The van der Waals surface area contributed by atoms with Crippen LogP contribution in [0.5, 0.6) is 0 Å². The molecule has 182 valence electrons. The molecule has 0 bridgehead atoms. The Hall–Kier alpha value is -3.03. The van der Waals surface area contributed by atoms with Gasteiger partial charge in [0.05, 0.1) is 18.2 Å². The van der Waals surface area contributed by atoms with Crippen molar-refractivity contribution in [3.05, 3.63) is 76.7 Å². The number of nitrogens with zero attached hydrogens (tertiary/aromatic N) is 2. The average Bonchev–Trinajstić information content (AvgIpc) is 3.32. The minimum absolute atomic E-state index is 0.273. The van der Waals surface area contributed by atoms with E-state index in [1.807, 2.05) is 19.1 Å². The molecule has 2 aromatic rings. The van der Waals surface area contributed by atoms with Gasteiger partial charge in [0.2, 0.25) is 6.21 Å². The second-order valence-corrected chi connectivity index (χ2v) is 8.76. The molecule has 7 heteroatoms. The molecule has 7 nitrogen and oxygen atoms in total. The molecule has 1 aromatic heterocycles. The number of amides is 1. The highest BCUT2D eigenvalue weighted by Crippen LogP contribution is 2.35. The smallest absolute Gasteiger partial charge is 0.377 e. The summed E-state index contributed by atoms with van der Waals surface area (Å²) in [5.74, 6) is 5.97. The maximum Gasteiger partial charge on any atom is 0.457 e. The van der Waals surface area contributed by atoms with Crippen LogP contribution in [0.4, 0.5) is 0 Å². The van der Waals surface area contributed by atoms with Gasteiger partial charge in [0.15, 0.2) is 5.76 Å². The van der Waals surface area contributed by atoms with Crippen LogP contribution in [-0.2, 0) is 27.5 Å². The number of hydrazine groups is 1. The average molecular weight is 467 g/mol. The predicted octanol–water partition coefficient (Wildman–Crippen LogP) is 4.78. The molecular formula is C27H36N3O4+. The number of aromatic nitrogens is 1. The van der Waals surface area contributed by atoms with Crippen LogP contribution in [-0.4, -0.2) is 34.7 Å². The van der Waals surface area contributed by atoms with Gasteiger partial charge in [-0.15, -0.1) is 0 Å². The maximum atomic E-state index is 12.7. The van der Waals surface area contributed by atoms with Crippen LogP contribution >= 0.6 is 0 Å². The summed E-state index contributed by atoms with van der Waals surface area (Å²) in [4.78, 5) is 12.7. The summed E-state index contributed by atoms with van der Waals surface area (Å²) in [6, 6.07) is 10.1. The van der Waals surface area contributed by atoms with Crippen LogP contribution in [0.15, 0.2) is 58.7 Å². The summed E-state index contributed by atoms with van der Waals surface area (Å²) in [5, 5.41) is 4.10. The molecule has 2 heterocycles. The second-order valence-electron chi connectivity index (χ2n) is 8.76. The lowest BCUT2D eigenvalue weighted by molar-refractivity contribution is -0.493. The fourth-order valence-corrected chi connectivity index (χ4v) is 4.06. The number of benzene rings is 1. The summed E-state index contributed by atoms with van der Waals surface area (Å²) in [5.41, 5.74) is 3.08. The molecule has 3 rings (SSSR count). The van der Waals surface area contributed by atoms with Crippen LogP contribution in [0.25, 0.3) is 0 Å². The molecule has 1 amide bonds. The van der Waals surface area contributed by atoms with Crippen molar-refractivity contribution in [2.24, 2.45) is 5.84 Å². The van der Waals surface area contributed by atoms with Gasteiger partial charge in [-0.1, -0.05) is 78.7 Å². The van der Waals surface area contributed by atoms with Crippen LogP contribution < -0.4 is 5.84 Å². The van der Waals surface area contributed by atoms with Crippen molar-refractivity contribution in [3.8, 4) is 0 Å². The largest absolute Gasteiger partial charge is 0.457 e. The molecule has 0 radical (unpaired) electrons. The lowest BCUT2D eigenvalue weighted by atomic mass is 9.82. The van der Waals surface area contributed by atoms with E-state index in [1.165, 1.54) is 11.1 Å². The highest BCUT2D eigenvalue weighted by Gasteiger charge is 2.62. The first-order valence-corrected chi connectivity index (χ1v) is 11.8. The van der Waals surface area contributed by atoms with Crippen molar-refractivity contribution in [1.82, 2.24) is 5.16 Å². The molecular weight excluding hydrogens is 430 g/mol. The normalized spacial score (nSPS) is 20.3. The van der Waals surface area contributed by atoms with Crippen molar-refractivity contribution in [2.45, 2.75) is 71.2 Å². The quantitative estimate of drug-likeness (QED) is 0.209. The van der Waals surface area contributed by atoms with Gasteiger partial charge in [0, 0.05) is 13.2 Å². The molecule has 3 atom stereocenters. The van der Waals surface area contributed by atoms with Crippen LogP contribution in [0.3, 0.4) is 0 Å². The SMILES string of the molecule is CC=C(CC)CC=CC(C)c1ccc(COC2(C(C)c3cc(COC)on3)C=[N+](N)C2=O)cc1.